The highest BCUT2D eigenvalue weighted by Crippen LogP contribution is 2.25. The molecule has 0 aromatic heterocycles. The van der Waals surface area contributed by atoms with E-state index in [1.165, 1.54) is 5.56 Å². The molecule has 0 saturated heterocycles. The van der Waals surface area contributed by atoms with Gasteiger partial charge in [-0.1, -0.05) is 77.1 Å². The summed E-state index contributed by atoms with van der Waals surface area (Å²) in [6.07, 6.45) is 0.340. The largest absolute Gasteiger partial charge is 0.481 e. The van der Waals surface area contributed by atoms with Gasteiger partial charge in [-0.15, -0.1) is 0 Å². The van der Waals surface area contributed by atoms with Crippen molar-refractivity contribution in [3.8, 4) is 5.75 Å². The molecule has 0 spiro atoms. The van der Waals surface area contributed by atoms with Crippen molar-refractivity contribution in [3.05, 3.63) is 65.7 Å². The first-order valence-electron chi connectivity index (χ1n) is 9.79. The first kappa shape index (κ1) is 21.0. The van der Waals surface area contributed by atoms with Crippen LogP contribution in [0.3, 0.4) is 0 Å². The van der Waals surface area contributed by atoms with E-state index < -0.39 is 6.10 Å². The molecule has 146 valence electrons. The van der Waals surface area contributed by atoms with Gasteiger partial charge < -0.3 is 10.1 Å². The molecule has 1 N–H and O–H groups in total. The third kappa shape index (κ3) is 6.42. The molecule has 2 rings (SSSR count). The fourth-order valence-corrected chi connectivity index (χ4v) is 3.02. The Morgan fingerprint density at radius 1 is 0.963 bits per heavy atom. The second kappa shape index (κ2) is 9.07. The Hall–Kier alpha value is -2.29. The maximum Gasteiger partial charge on any atom is 0.261 e. The lowest BCUT2D eigenvalue weighted by atomic mass is 9.87. The van der Waals surface area contributed by atoms with Gasteiger partial charge in [0.2, 0.25) is 0 Å². The third-order valence-electron chi connectivity index (χ3n) is 4.63. The molecule has 0 aliphatic carbocycles. The van der Waals surface area contributed by atoms with Crippen LogP contribution in [-0.2, 0) is 10.2 Å². The zero-order valence-corrected chi connectivity index (χ0v) is 17.5. The van der Waals surface area contributed by atoms with Crippen molar-refractivity contribution in [2.24, 2.45) is 5.92 Å². The number of carbonyl (C=O) groups is 1. The first-order chi connectivity index (χ1) is 12.7. The predicted molar refractivity (Wildman–Crippen MR) is 112 cm³/mol. The van der Waals surface area contributed by atoms with Gasteiger partial charge in [0.25, 0.3) is 5.91 Å². The second-order valence-corrected chi connectivity index (χ2v) is 8.64. The molecule has 27 heavy (non-hydrogen) atoms. The maximum absolute atomic E-state index is 12.7. The van der Waals surface area contributed by atoms with Crippen LogP contribution in [0, 0.1) is 5.92 Å². The normalized spacial score (nSPS) is 13.9. The number of ether oxygens (including phenoxy) is 1. The summed E-state index contributed by atoms with van der Waals surface area (Å²) in [7, 11) is 0. The van der Waals surface area contributed by atoms with Gasteiger partial charge in [-0.3, -0.25) is 4.79 Å². The van der Waals surface area contributed by atoms with Crippen LogP contribution in [0.2, 0.25) is 0 Å². The molecule has 0 unspecified atom stereocenters. The first-order valence-corrected chi connectivity index (χ1v) is 9.79. The number of carbonyl (C=O) groups excluding carboxylic acids is 1. The van der Waals surface area contributed by atoms with Crippen molar-refractivity contribution >= 4 is 5.91 Å². The number of amides is 1. The fourth-order valence-electron chi connectivity index (χ4n) is 3.02. The summed E-state index contributed by atoms with van der Waals surface area (Å²) >= 11 is 0. The molecule has 1 amide bonds. The molecular formula is C24H33NO2. The molecule has 0 saturated carbocycles. The zero-order chi connectivity index (χ0) is 20.0. The van der Waals surface area contributed by atoms with Crippen molar-refractivity contribution < 1.29 is 9.53 Å². The van der Waals surface area contributed by atoms with Gasteiger partial charge in [0.05, 0.1) is 6.04 Å². The summed E-state index contributed by atoms with van der Waals surface area (Å²) in [4.78, 5) is 12.7. The second-order valence-electron chi connectivity index (χ2n) is 8.64. The van der Waals surface area contributed by atoms with Gasteiger partial charge in [0.15, 0.2) is 6.10 Å². The standard InChI is InChI=1S/C24H33NO2/c1-17(2)16-22(19-10-8-7-9-11-19)25-23(26)18(3)27-21-14-12-20(13-15-21)24(4,5)6/h7-15,17-18,22H,16H2,1-6H3,(H,25,26)/t18-,22+/m0/s1. The van der Waals surface area contributed by atoms with Crippen molar-refractivity contribution in [1.29, 1.82) is 0 Å². The topological polar surface area (TPSA) is 38.3 Å². The number of rotatable bonds is 7. The minimum absolute atomic E-state index is 0.00647. The fraction of sp³-hybridized carbons (Fsp3) is 0.458. The maximum atomic E-state index is 12.7. The van der Waals surface area contributed by atoms with E-state index in [-0.39, 0.29) is 17.4 Å². The minimum Gasteiger partial charge on any atom is -0.481 e. The minimum atomic E-state index is -0.552. The van der Waals surface area contributed by atoms with Crippen molar-refractivity contribution in [2.45, 2.75) is 65.5 Å². The SMILES string of the molecule is CC(C)C[C@@H](NC(=O)[C@H](C)Oc1ccc(C(C)(C)C)cc1)c1ccccc1. The Bertz CT molecular complexity index is 714. The van der Waals surface area contributed by atoms with Gasteiger partial charge in [-0.25, -0.2) is 0 Å². The zero-order valence-electron chi connectivity index (χ0n) is 17.5. The Balaban J connectivity index is 2.02. The lowest BCUT2D eigenvalue weighted by Gasteiger charge is -2.24. The van der Waals surface area contributed by atoms with Gasteiger partial charge in [-0.05, 0) is 47.9 Å². The molecular weight excluding hydrogens is 334 g/mol. The van der Waals surface area contributed by atoms with Crippen LogP contribution < -0.4 is 10.1 Å². The summed E-state index contributed by atoms with van der Waals surface area (Å²) in [5, 5.41) is 3.16. The third-order valence-corrected chi connectivity index (χ3v) is 4.63. The van der Waals surface area contributed by atoms with Crippen LogP contribution in [0.4, 0.5) is 0 Å². The Labute approximate surface area is 164 Å². The van der Waals surface area contributed by atoms with Crippen LogP contribution in [0.5, 0.6) is 5.75 Å². The number of hydrogen-bond acceptors (Lipinski definition) is 2. The molecule has 2 atom stereocenters. The van der Waals surface area contributed by atoms with Gasteiger partial charge in [-0.2, -0.15) is 0 Å². The quantitative estimate of drug-likeness (QED) is 0.686. The number of hydrogen-bond donors (Lipinski definition) is 1. The van der Waals surface area contributed by atoms with E-state index in [0.29, 0.717) is 11.7 Å². The lowest BCUT2D eigenvalue weighted by Crippen LogP contribution is -2.39. The predicted octanol–water partition coefficient (Wildman–Crippen LogP) is 5.66. The molecule has 0 radical (unpaired) electrons. The number of benzene rings is 2. The lowest BCUT2D eigenvalue weighted by molar-refractivity contribution is -0.128. The molecule has 0 aliphatic rings. The van der Waals surface area contributed by atoms with Crippen LogP contribution in [0.15, 0.2) is 54.6 Å². The molecule has 2 aromatic carbocycles. The molecule has 3 heteroatoms. The van der Waals surface area contributed by atoms with Gasteiger partial charge in [0, 0.05) is 0 Å². The van der Waals surface area contributed by atoms with Crippen LogP contribution in [-0.4, -0.2) is 12.0 Å². The average Bonchev–Trinajstić information content (AvgIpc) is 2.61. The van der Waals surface area contributed by atoms with E-state index in [2.05, 4.69) is 64.2 Å². The van der Waals surface area contributed by atoms with Crippen molar-refractivity contribution in [3.63, 3.8) is 0 Å². The van der Waals surface area contributed by atoms with E-state index in [0.717, 1.165) is 12.0 Å². The van der Waals surface area contributed by atoms with E-state index in [1.54, 1.807) is 6.92 Å². The molecule has 3 nitrogen and oxygen atoms in total. The monoisotopic (exact) mass is 367 g/mol. The van der Waals surface area contributed by atoms with E-state index >= 15 is 0 Å². The Kier molecular flexibility index (Phi) is 7.06. The van der Waals surface area contributed by atoms with Gasteiger partial charge >= 0.3 is 0 Å². The van der Waals surface area contributed by atoms with Crippen LogP contribution in [0.1, 0.15) is 65.1 Å². The summed E-state index contributed by atoms with van der Waals surface area (Å²) in [5.74, 6) is 1.10. The van der Waals surface area contributed by atoms with Crippen molar-refractivity contribution in [1.82, 2.24) is 5.32 Å². The summed E-state index contributed by atoms with van der Waals surface area (Å²) < 4.78 is 5.87. The smallest absolute Gasteiger partial charge is 0.261 e. The highest BCUT2D eigenvalue weighted by molar-refractivity contribution is 5.81. The highest BCUT2D eigenvalue weighted by atomic mass is 16.5. The molecule has 2 aromatic rings. The van der Waals surface area contributed by atoms with Crippen molar-refractivity contribution in [2.75, 3.05) is 0 Å². The molecule has 0 aliphatic heterocycles. The summed E-state index contributed by atoms with van der Waals surface area (Å²) in [5.41, 5.74) is 2.47. The van der Waals surface area contributed by atoms with Crippen LogP contribution in [0.25, 0.3) is 0 Å². The summed E-state index contributed by atoms with van der Waals surface area (Å²) in [6, 6.07) is 18.1. The molecule has 0 fully saturated rings. The number of nitrogens with one attached hydrogen (secondary N) is 1. The average molecular weight is 368 g/mol. The molecule has 0 bridgehead atoms. The van der Waals surface area contributed by atoms with E-state index in [1.807, 2.05) is 30.3 Å². The van der Waals surface area contributed by atoms with Gasteiger partial charge in [0.1, 0.15) is 5.75 Å². The molecule has 0 heterocycles. The Morgan fingerprint density at radius 3 is 2.07 bits per heavy atom. The Morgan fingerprint density at radius 2 is 1.56 bits per heavy atom. The summed E-state index contributed by atoms with van der Waals surface area (Å²) in [6.45, 7) is 12.7. The van der Waals surface area contributed by atoms with E-state index in [4.69, 9.17) is 4.74 Å². The van der Waals surface area contributed by atoms with E-state index in [9.17, 15) is 4.79 Å². The van der Waals surface area contributed by atoms with Crippen LogP contribution >= 0.6 is 0 Å². The highest BCUT2D eigenvalue weighted by Gasteiger charge is 2.21.